The predicted octanol–water partition coefficient (Wildman–Crippen LogP) is 16.2. The van der Waals surface area contributed by atoms with E-state index in [-0.39, 0.29) is 0 Å². The van der Waals surface area contributed by atoms with Crippen LogP contribution in [-0.4, -0.2) is 0 Å². The third kappa shape index (κ3) is 13.2. The molecule has 55 heavy (non-hydrogen) atoms. The Balaban J connectivity index is 1.34. The van der Waals surface area contributed by atoms with Crippen molar-refractivity contribution in [3.8, 4) is 11.8 Å². The van der Waals surface area contributed by atoms with Gasteiger partial charge in [-0.3, -0.25) is 0 Å². The van der Waals surface area contributed by atoms with Gasteiger partial charge in [-0.2, -0.15) is 0 Å². The zero-order chi connectivity index (χ0) is 38.5. The molecule has 0 amide bonds. The molecular weight excluding hydrogens is 663 g/mol. The van der Waals surface area contributed by atoms with Gasteiger partial charge in [-0.05, 0) is 125 Å². The monoisotopic (exact) mass is 732 g/mol. The first-order chi connectivity index (χ1) is 27.1. The number of anilines is 1. The Morgan fingerprint density at radius 2 is 0.945 bits per heavy atom. The van der Waals surface area contributed by atoms with E-state index in [1.165, 1.54) is 162 Å². The standard InChI is InChI=1S/C54H69N/c1-5-8-11-14-17-20-27-45-41-49(42-46(28-21-18-15-12-9-6-2)51(45)31-22-19-16-13-10-7-3)43(4)55-50-37-34-44(35-38-50)36-39-54-52-32-25-23-29-47(52)40-48-30-24-26-33-53(48)54/h23-26,29-30,32-35,37-38,40-42,55H,4-22,27-28,31H2,1-3H3. The fraction of sp³-hybridized carbons (Fsp3) is 0.444. The second-order valence-corrected chi connectivity index (χ2v) is 16.0. The molecule has 5 aromatic carbocycles. The lowest BCUT2D eigenvalue weighted by Gasteiger charge is -2.20. The molecule has 0 aliphatic carbocycles. The molecule has 0 atom stereocenters. The Morgan fingerprint density at radius 1 is 0.491 bits per heavy atom. The van der Waals surface area contributed by atoms with Crippen molar-refractivity contribution < 1.29 is 0 Å². The molecule has 0 heterocycles. The highest BCUT2D eigenvalue weighted by Crippen LogP contribution is 2.30. The third-order valence-corrected chi connectivity index (χ3v) is 11.4. The molecule has 1 heteroatoms. The molecule has 0 aliphatic heterocycles. The maximum Gasteiger partial charge on any atom is 0.0405 e. The van der Waals surface area contributed by atoms with Gasteiger partial charge in [0.15, 0.2) is 0 Å². The first-order valence-electron chi connectivity index (χ1n) is 22.2. The topological polar surface area (TPSA) is 12.0 Å². The van der Waals surface area contributed by atoms with Crippen molar-refractivity contribution in [2.75, 3.05) is 5.32 Å². The number of fused-ring (bicyclic) bond motifs is 2. The van der Waals surface area contributed by atoms with E-state index in [1.807, 2.05) is 0 Å². The van der Waals surface area contributed by atoms with Crippen LogP contribution in [0.25, 0.3) is 27.2 Å². The summed E-state index contributed by atoms with van der Waals surface area (Å²) in [7, 11) is 0. The zero-order valence-corrected chi connectivity index (χ0v) is 34.7. The summed E-state index contributed by atoms with van der Waals surface area (Å²) in [6.07, 6.45) is 27.7. The van der Waals surface area contributed by atoms with E-state index in [1.54, 1.807) is 16.7 Å². The van der Waals surface area contributed by atoms with Gasteiger partial charge in [0.05, 0.1) is 0 Å². The van der Waals surface area contributed by atoms with E-state index in [2.05, 4.69) is 136 Å². The normalized spacial score (nSPS) is 11.2. The second kappa shape index (κ2) is 23.6. The van der Waals surface area contributed by atoms with E-state index < -0.39 is 0 Å². The van der Waals surface area contributed by atoms with Crippen LogP contribution in [0.15, 0.2) is 97.6 Å². The number of hydrogen-bond acceptors (Lipinski definition) is 1. The first kappa shape index (κ1) is 41.9. The lowest BCUT2D eigenvalue weighted by atomic mass is 9.87. The van der Waals surface area contributed by atoms with Gasteiger partial charge >= 0.3 is 0 Å². The Labute approximate surface area is 335 Å². The molecule has 0 aliphatic rings. The Kier molecular flexibility index (Phi) is 18.0. The fourth-order valence-corrected chi connectivity index (χ4v) is 8.18. The van der Waals surface area contributed by atoms with Gasteiger partial charge in [0.1, 0.15) is 0 Å². The summed E-state index contributed by atoms with van der Waals surface area (Å²) in [5.74, 6) is 7.03. The average molecular weight is 732 g/mol. The van der Waals surface area contributed by atoms with Crippen LogP contribution in [-0.2, 0) is 19.3 Å². The summed E-state index contributed by atoms with van der Waals surface area (Å²) in [5, 5.41) is 8.55. The molecule has 5 aromatic rings. The van der Waals surface area contributed by atoms with E-state index in [0.717, 1.165) is 22.5 Å². The van der Waals surface area contributed by atoms with Crippen molar-refractivity contribution in [3.05, 3.63) is 131 Å². The maximum atomic E-state index is 4.61. The molecule has 0 saturated carbocycles. The number of rotatable bonds is 24. The van der Waals surface area contributed by atoms with Crippen molar-refractivity contribution in [2.45, 2.75) is 156 Å². The molecule has 0 spiro atoms. The van der Waals surface area contributed by atoms with Crippen molar-refractivity contribution in [1.29, 1.82) is 0 Å². The summed E-state index contributed by atoms with van der Waals surface area (Å²) in [6.45, 7) is 11.5. The van der Waals surface area contributed by atoms with Crippen LogP contribution >= 0.6 is 0 Å². The number of hydrogen-bond donors (Lipinski definition) is 1. The van der Waals surface area contributed by atoms with Gasteiger partial charge in [0, 0.05) is 22.5 Å². The van der Waals surface area contributed by atoms with Crippen molar-refractivity contribution >= 4 is 32.9 Å². The molecule has 0 bridgehead atoms. The van der Waals surface area contributed by atoms with Gasteiger partial charge in [-0.1, -0.05) is 184 Å². The van der Waals surface area contributed by atoms with E-state index in [0.29, 0.717) is 0 Å². The largest absolute Gasteiger partial charge is 0.356 e. The quantitative estimate of drug-likeness (QED) is 0.0378. The van der Waals surface area contributed by atoms with Crippen LogP contribution in [0.4, 0.5) is 5.69 Å². The minimum Gasteiger partial charge on any atom is -0.356 e. The molecule has 0 fully saturated rings. The van der Waals surface area contributed by atoms with Crippen LogP contribution in [0.5, 0.6) is 0 Å². The smallest absolute Gasteiger partial charge is 0.0405 e. The molecular formula is C54H69N. The Hall–Kier alpha value is -4.28. The molecule has 290 valence electrons. The Morgan fingerprint density at radius 3 is 1.45 bits per heavy atom. The van der Waals surface area contributed by atoms with Crippen molar-refractivity contribution in [1.82, 2.24) is 0 Å². The lowest BCUT2D eigenvalue weighted by Crippen LogP contribution is -2.06. The molecule has 1 nitrogen and oxygen atoms in total. The molecule has 1 N–H and O–H groups in total. The molecule has 0 unspecified atom stereocenters. The highest BCUT2D eigenvalue weighted by atomic mass is 14.9. The third-order valence-electron chi connectivity index (χ3n) is 11.4. The van der Waals surface area contributed by atoms with E-state index in [4.69, 9.17) is 0 Å². The van der Waals surface area contributed by atoms with Crippen LogP contribution in [0, 0.1) is 11.8 Å². The van der Waals surface area contributed by atoms with Crippen LogP contribution in [0.1, 0.15) is 170 Å². The zero-order valence-electron chi connectivity index (χ0n) is 34.7. The minimum atomic E-state index is 0.987. The SMILES string of the molecule is C=C(Nc1ccc(C#Cc2c3ccccc3cc3ccccc23)cc1)c1cc(CCCCCCCC)c(CCCCCCCC)c(CCCCCCCC)c1. The number of aryl methyl sites for hydroxylation is 2. The molecule has 5 rings (SSSR count). The summed E-state index contributed by atoms with van der Waals surface area (Å²) in [5.41, 5.74) is 10.2. The lowest BCUT2D eigenvalue weighted by molar-refractivity contribution is 0.593. The summed E-state index contributed by atoms with van der Waals surface area (Å²) >= 11 is 0. The van der Waals surface area contributed by atoms with Crippen LogP contribution < -0.4 is 5.32 Å². The van der Waals surface area contributed by atoms with Crippen molar-refractivity contribution in [3.63, 3.8) is 0 Å². The van der Waals surface area contributed by atoms with Gasteiger partial charge in [-0.15, -0.1) is 0 Å². The van der Waals surface area contributed by atoms with E-state index >= 15 is 0 Å². The summed E-state index contributed by atoms with van der Waals surface area (Å²) in [6, 6.07) is 33.0. The summed E-state index contributed by atoms with van der Waals surface area (Å²) in [4.78, 5) is 0. The molecule has 0 radical (unpaired) electrons. The predicted molar refractivity (Wildman–Crippen MR) is 244 cm³/mol. The van der Waals surface area contributed by atoms with Crippen molar-refractivity contribution in [2.24, 2.45) is 0 Å². The fourth-order valence-electron chi connectivity index (χ4n) is 8.18. The maximum absolute atomic E-state index is 4.61. The van der Waals surface area contributed by atoms with Gasteiger partial charge < -0.3 is 5.32 Å². The molecule has 0 aromatic heterocycles. The number of nitrogens with one attached hydrogen (secondary N) is 1. The minimum absolute atomic E-state index is 0.987. The van der Waals surface area contributed by atoms with Gasteiger partial charge in [-0.25, -0.2) is 0 Å². The van der Waals surface area contributed by atoms with Gasteiger partial charge in [0.2, 0.25) is 0 Å². The van der Waals surface area contributed by atoms with Gasteiger partial charge in [0.25, 0.3) is 0 Å². The Bertz CT molecular complexity index is 1880. The summed E-state index contributed by atoms with van der Waals surface area (Å²) < 4.78 is 0. The van der Waals surface area contributed by atoms with E-state index in [9.17, 15) is 0 Å². The molecule has 0 saturated heterocycles. The second-order valence-electron chi connectivity index (χ2n) is 16.0. The number of unbranched alkanes of at least 4 members (excludes halogenated alkanes) is 15. The van der Waals surface area contributed by atoms with Crippen LogP contribution in [0.2, 0.25) is 0 Å². The number of benzene rings is 5. The average Bonchev–Trinajstić information content (AvgIpc) is 3.21. The van der Waals surface area contributed by atoms with Crippen LogP contribution in [0.3, 0.4) is 0 Å². The first-order valence-corrected chi connectivity index (χ1v) is 22.2. The highest BCUT2D eigenvalue weighted by Gasteiger charge is 2.14. The highest BCUT2D eigenvalue weighted by molar-refractivity contribution is 6.04.